The number of hydrogen-bond acceptors (Lipinski definition) is 4. The lowest BCUT2D eigenvalue weighted by Gasteiger charge is -2.16. The lowest BCUT2D eigenvalue weighted by atomic mass is 10.3. The SMILES string of the molecule is CN(C)c1ccncc1NC(=O)c1ccco1. The fourth-order valence-electron chi connectivity index (χ4n) is 1.47. The Balaban J connectivity index is 2.22. The summed E-state index contributed by atoms with van der Waals surface area (Å²) in [6, 6.07) is 5.11. The van der Waals surface area contributed by atoms with Crippen molar-refractivity contribution in [2.24, 2.45) is 0 Å². The van der Waals surface area contributed by atoms with Crippen molar-refractivity contribution in [3.8, 4) is 0 Å². The van der Waals surface area contributed by atoms with Gasteiger partial charge in [-0.1, -0.05) is 0 Å². The van der Waals surface area contributed by atoms with Crippen LogP contribution < -0.4 is 10.2 Å². The van der Waals surface area contributed by atoms with Gasteiger partial charge in [0, 0.05) is 20.3 Å². The van der Waals surface area contributed by atoms with Crippen molar-refractivity contribution in [3.05, 3.63) is 42.6 Å². The molecule has 1 amide bonds. The average Bonchev–Trinajstić information content (AvgIpc) is 2.83. The Labute approximate surface area is 99.1 Å². The molecule has 0 radical (unpaired) electrons. The van der Waals surface area contributed by atoms with Gasteiger partial charge in [-0.15, -0.1) is 0 Å². The number of anilines is 2. The van der Waals surface area contributed by atoms with Crippen molar-refractivity contribution < 1.29 is 9.21 Å². The fraction of sp³-hybridized carbons (Fsp3) is 0.167. The van der Waals surface area contributed by atoms with Gasteiger partial charge in [0.25, 0.3) is 5.91 Å². The van der Waals surface area contributed by atoms with Crippen LogP contribution in [0.4, 0.5) is 11.4 Å². The lowest BCUT2D eigenvalue weighted by molar-refractivity contribution is 0.0996. The largest absolute Gasteiger partial charge is 0.459 e. The lowest BCUT2D eigenvalue weighted by Crippen LogP contribution is -2.16. The molecule has 2 aromatic rings. The van der Waals surface area contributed by atoms with E-state index in [0.29, 0.717) is 5.69 Å². The van der Waals surface area contributed by atoms with Crippen LogP contribution in [0.15, 0.2) is 41.3 Å². The van der Waals surface area contributed by atoms with E-state index in [4.69, 9.17) is 4.42 Å². The van der Waals surface area contributed by atoms with E-state index >= 15 is 0 Å². The van der Waals surface area contributed by atoms with E-state index in [2.05, 4.69) is 10.3 Å². The molecular formula is C12H13N3O2. The van der Waals surface area contributed by atoms with Crippen molar-refractivity contribution in [2.45, 2.75) is 0 Å². The smallest absolute Gasteiger partial charge is 0.291 e. The van der Waals surface area contributed by atoms with Crippen LogP contribution in [0, 0.1) is 0 Å². The molecule has 0 saturated heterocycles. The van der Waals surface area contributed by atoms with Crippen molar-refractivity contribution >= 4 is 17.3 Å². The van der Waals surface area contributed by atoms with Crippen LogP contribution in [0.5, 0.6) is 0 Å². The number of amides is 1. The van der Waals surface area contributed by atoms with Crippen LogP contribution in [0.2, 0.25) is 0 Å². The normalized spacial score (nSPS) is 10.0. The summed E-state index contributed by atoms with van der Waals surface area (Å²) in [7, 11) is 3.80. The molecule has 0 saturated carbocycles. The van der Waals surface area contributed by atoms with Crippen LogP contribution in [0.1, 0.15) is 10.6 Å². The molecular weight excluding hydrogens is 218 g/mol. The maximum absolute atomic E-state index is 11.8. The van der Waals surface area contributed by atoms with E-state index in [9.17, 15) is 4.79 Å². The molecule has 0 fully saturated rings. The molecule has 5 heteroatoms. The van der Waals surface area contributed by atoms with Crippen LogP contribution in [0.3, 0.4) is 0 Å². The standard InChI is InChI=1S/C12H13N3O2/c1-15(2)10-5-6-13-8-9(10)14-12(16)11-4-3-7-17-11/h3-8H,1-2H3,(H,14,16). The van der Waals surface area contributed by atoms with Gasteiger partial charge in [0.2, 0.25) is 0 Å². The van der Waals surface area contributed by atoms with Crippen LogP contribution in [0.25, 0.3) is 0 Å². The van der Waals surface area contributed by atoms with Gasteiger partial charge in [-0.2, -0.15) is 0 Å². The van der Waals surface area contributed by atoms with E-state index < -0.39 is 0 Å². The minimum atomic E-state index is -0.286. The van der Waals surface area contributed by atoms with Crippen molar-refractivity contribution in [1.82, 2.24) is 4.98 Å². The van der Waals surface area contributed by atoms with Crippen molar-refractivity contribution in [3.63, 3.8) is 0 Å². The predicted molar refractivity (Wildman–Crippen MR) is 65.2 cm³/mol. The number of carbonyl (C=O) groups excluding carboxylic acids is 1. The molecule has 0 aliphatic carbocycles. The number of nitrogens with one attached hydrogen (secondary N) is 1. The zero-order valence-corrected chi connectivity index (χ0v) is 9.68. The van der Waals surface area contributed by atoms with Gasteiger partial charge >= 0.3 is 0 Å². The Hall–Kier alpha value is -2.30. The summed E-state index contributed by atoms with van der Waals surface area (Å²) in [6.45, 7) is 0. The average molecular weight is 231 g/mol. The zero-order chi connectivity index (χ0) is 12.3. The van der Waals surface area contributed by atoms with Gasteiger partial charge in [0.05, 0.1) is 23.8 Å². The van der Waals surface area contributed by atoms with E-state index in [1.54, 1.807) is 24.5 Å². The fourth-order valence-corrected chi connectivity index (χ4v) is 1.47. The molecule has 0 atom stereocenters. The monoisotopic (exact) mass is 231 g/mol. The molecule has 2 heterocycles. The molecule has 0 aromatic carbocycles. The van der Waals surface area contributed by atoms with Gasteiger partial charge in [0.1, 0.15) is 0 Å². The number of hydrogen-bond donors (Lipinski definition) is 1. The van der Waals surface area contributed by atoms with Crippen LogP contribution in [-0.4, -0.2) is 25.0 Å². The number of pyridine rings is 1. The summed E-state index contributed by atoms with van der Waals surface area (Å²) in [5.74, 6) is -0.00957. The second kappa shape index (κ2) is 4.69. The molecule has 5 nitrogen and oxygen atoms in total. The maximum atomic E-state index is 11.8. The van der Waals surface area contributed by atoms with E-state index in [0.717, 1.165) is 5.69 Å². The third-order valence-electron chi connectivity index (χ3n) is 2.27. The molecule has 0 bridgehead atoms. The number of nitrogens with zero attached hydrogens (tertiary/aromatic N) is 2. The van der Waals surface area contributed by atoms with Gasteiger partial charge in [-0.25, -0.2) is 0 Å². The highest BCUT2D eigenvalue weighted by Gasteiger charge is 2.12. The second-order valence-electron chi connectivity index (χ2n) is 3.72. The van der Waals surface area contributed by atoms with Crippen LogP contribution >= 0.6 is 0 Å². The zero-order valence-electron chi connectivity index (χ0n) is 9.68. The highest BCUT2D eigenvalue weighted by atomic mass is 16.3. The Morgan fingerprint density at radius 1 is 1.41 bits per heavy atom. The number of aromatic nitrogens is 1. The summed E-state index contributed by atoms with van der Waals surface area (Å²) in [5.41, 5.74) is 1.54. The maximum Gasteiger partial charge on any atom is 0.291 e. The highest BCUT2D eigenvalue weighted by molar-refractivity contribution is 6.03. The van der Waals surface area contributed by atoms with E-state index in [1.807, 2.05) is 25.1 Å². The molecule has 1 N–H and O–H groups in total. The first-order valence-electron chi connectivity index (χ1n) is 5.14. The van der Waals surface area contributed by atoms with Gasteiger partial charge in [-0.05, 0) is 18.2 Å². The van der Waals surface area contributed by atoms with E-state index in [1.165, 1.54) is 6.26 Å². The minimum absolute atomic E-state index is 0.276. The summed E-state index contributed by atoms with van der Waals surface area (Å²) < 4.78 is 5.02. The Kier molecular flexibility index (Phi) is 3.09. The molecule has 0 aliphatic heterocycles. The highest BCUT2D eigenvalue weighted by Crippen LogP contribution is 2.22. The quantitative estimate of drug-likeness (QED) is 0.877. The molecule has 2 rings (SSSR count). The molecule has 0 spiro atoms. The first-order chi connectivity index (χ1) is 8.18. The molecule has 0 unspecified atom stereocenters. The van der Waals surface area contributed by atoms with Crippen molar-refractivity contribution in [2.75, 3.05) is 24.3 Å². The van der Waals surface area contributed by atoms with E-state index in [-0.39, 0.29) is 11.7 Å². The Morgan fingerprint density at radius 2 is 2.24 bits per heavy atom. The summed E-state index contributed by atoms with van der Waals surface area (Å²) in [4.78, 5) is 17.7. The molecule has 2 aromatic heterocycles. The number of carbonyl (C=O) groups is 1. The minimum Gasteiger partial charge on any atom is -0.459 e. The topological polar surface area (TPSA) is 58.4 Å². The molecule has 88 valence electrons. The second-order valence-corrected chi connectivity index (χ2v) is 3.72. The first-order valence-corrected chi connectivity index (χ1v) is 5.14. The molecule has 0 aliphatic rings. The predicted octanol–water partition coefficient (Wildman–Crippen LogP) is 1.99. The Morgan fingerprint density at radius 3 is 2.88 bits per heavy atom. The third-order valence-corrected chi connectivity index (χ3v) is 2.27. The third kappa shape index (κ3) is 2.44. The number of rotatable bonds is 3. The van der Waals surface area contributed by atoms with Gasteiger partial charge < -0.3 is 14.6 Å². The van der Waals surface area contributed by atoms with Gasteiger partial charge in [0.15, 0.2) is 5.76 Å². The van der Waals surface area contributed by atoms with Crippen LogP contribution in [-0.2, 0) is 0 Å². The summed E-state index contributed by atoms with van der Waals surface area (Å²) in [6.07, 6.45) is 4.75. The summed E-state index contributed by atoms with van der Waals surface area (Å²) in [5, 5.41) is 2.76. The Bertz CT molecular complexity index is 506. The first kappa shape index (κ1) is 11.2. The summed E-state index contributed by atoms with van der Waals surface area (Å²) >= 11 is 0. The molecule has 17 heavy (non-hydrogen) atoms. The van der Waals surface area contributed by atoms with Gasteiger partial charge in [-0.3, -0.25) is 9.78 Å². The van der Waals surface area contributed by atoms with Crippen molar-refractivity contribution in [1.29, 1.82) is 0 Å². The number of furan rings is 1.